The molecule has 0 radical (unpaired) electrons. The van der Waals surface area contributed by atoms with Gasteiger partial charge in [-0.2, -0.15) is 0 Å². The standard InChI is InChI=1S/C33H34O10/c1-4-30(34)40-20-6-18-38-26-12-8-24(9-13-26)32(36)42-28-16-17-29(23(3)22-28)43-33(37)25-10-14-27(15-11-25)39-19-7-21-41-31(35)5-2/h4-5,8-17,22,32,36H,1-2,6-7,18-21H2,3H3. The lowest BCUT2D eigenvalue weighted by atomic mass is 10.2. The van der Waals surface area contributed by atoms with Crippen molar-refractivity contribution in [3.8, 4) is 23.0 Å². The van der Waals surface area contributed by atoms with Crippen LogP contribution in [-0.2, 0) is 19.1 Å². The van der Waals surface area contributed by atoms with E-state index in [0.29, 0.717) is 65.7 Å². The molecule has 0 aliphatic rings. The van der Waals surface area contributed by atoms with Gasteiger partial charge in [0.05, 0.1) is 32.0 Å². The molecule has 0 spiro atoms. The molecule has 0 aromatic heterocycles. The number of aliphatic hydroxyl groups excluding tert-OH is 1. The van der Waals surface area contributed by atoms with E-state index in [9.17, 15) is 19.5 Å². The summed E-state index contributed by atoms with van der Waals surface area (Å²) in [5.41, 5.74) is 1.49. The molecule has 0 saturated carbocycles. The summed E-state index contributed by atoms with van der Waals surface area (Å²) < 4.78 is 32.2. The molecular formula is C33H34O10. The van der Waals surface area contributed by atoms with E-state index in [1.807, 2.05) is 0 Å². The van der Waals surface area contributed by atoms with Crippen molar-refractivity contribution in [2.75, 3.05) is 26.4 Å². The van der Waals surface area contributed by atoms with Crippen LogP contribution in [0.15, 0.2) is 92.0 Å². The van der Waals surface area contributed by atoms with E-state index < -0.39 is 24.2 Å². The highest BCUT2D eigenvalue weighted by atomic mass is 16.6. The molecular weight excluding hydrogens is 556 g/mol. The van der Waals surface area contributed by atoms with E-state index >= 15 is 0 Å². The van der Waals surface area contributed by atoms with Gasteiger partial charge >= 0.3 is 17.9 Å². The number of carbonyl (C=O) groups is 3. The van der Waals surface area contributed by atoms with Crippen molar-refractivity contribution in [1.29, 1.82) is 0 Å². The Labute approximate surface area is 250 Å². The Morgan fingerprint density at radius 2 is 1.26 bits per heavy atom. The Morgan fingerprint density at radius 1 is 0.744 bits per heavy atom. The molecule has 3 aromatic rings. The number of hydrogen-bond donors (Lipinski definition) is 1. The second-order valence-corrected chi connectivity index (χ2v) is 9.03. The number of ether oxygens (including phenoxy) is 6. The van der Waals surface area contributed by atoms with Crippen molar-refractivity contribution in [1.82, 2.24) is 0 Å². The molecule has 3 rings (SSSR count). The molecule has 0 bridgehead atoms. The maximum absolute atomic E-state index is 12.7. The third-order valence-electron chi connectivity index (χ3n) is 5.79. The molecule has 1 N–H and O–H groups in total. The first-order chi connectivity index (χ1) is 20.8. The van der Waals surface area contributed by atoms with Crippen LogP contribution in [0.4, 0.5) is 0 Å². The van der Waals surface area contributed by atoms with E-state index in [-0.39, 0.29) is 13.2 Å². The summed E-state index contributed by atoms with van der Waals surface area (Å²) in [6.45, 7) is 9.58. The zero-order chi connectivity index (χ0) is 31.0. The smallest absolute Gasteiger partial charge is 0.343 e. The fourth-order valence-electron chi connectivity index (χ4n) is 3.54. The first-order valence-electron chi connectivity index (χ1n) is 13.5. The van der Waals surface area contributed by atoms with E-state index in [2.05, 4.69) is 13.2 Å². The predicted molar refractivity (Wildman–Crippen MR) is 157 cm³/mol. The average molecular weight is 591 g/mol. The molecule has 0 aliphatic heterocycles. The number of aliphatic hydroxyl groups is 1. The van der Waals surface area contributed by atoms with Gasteiger partial charge < -0.3 is 33.5 Å². The first-order valence-corrected chi connectivity index (χ1v) is 13.5. The Morgan fingerprint density at radius 3 is 1.77 bits per heavy atom. The van der Waals surface area contributed by atoms with Crippen molar-refractivity contribution in [3.05, 3.63) is 109 Å². The molecule has 0 heterocycles. The lowest BCUT2D eigenvalue weighted by Gasteiger charge is -2.16. The van der Waals surface area contributed by atoms with E-state index in [1.54, 1.807) is 73.7 Å². The normalized spacial score (nSPS) is 11.0. The Kier molecular flexibility index (Phi) is 12.8. The predicted octanol–water partition coefficient (Wildman–Crippen LogP) is 5.28. The van der Waals surface area contributed by atoms with Gasteiger partial charge in [0.1, 0.15) is 23.0 Å². The third kappa shape index (κ3) is 11.0. The minimum Gasteiger partial charge on any atom is -0.493 e. The van der Waals surface area contributed by atoms with Crippen LogP contribution in [0.1, 0.15) is 40.6 Å². The fraction of sp³-hybridized carbons (Fsp3) is 0.242. The monoisotopic (exact) mass is 590 g/mol. The van der Waals surface area contributed by atoms with Crippen LogP contribution < -0.4 is 18.9 Å². The summed E-state index contributed by atoms with van der Waals surface area (Å²) in [5.74, 6) is 0.401. The number of benzene rings is 3. The highest BCUT2D eigenvalue weighted by Crippen LogP contribution is 2.28. The number of rotatable bonds is 17. The highest BCUT2D eigenvalue weighted by molar-refractivity contribution is 5.91. The van der Waals surface area contributed by atoms with Crippen molar-refractivity contribution in [2.45, 2.75) is 26.1 Å². The minimum absolute atomic E-state index is 0.222. The number of carbonyl (C=O) groups excluding carboxylic acids is 3. The van der Waals surface area contributed by atoms with Gasteiger partial charge in [0, 0.05) is 30.6 Å². The van der Waals surface area contributed by atoms with E-state index in [0.717, 1.165) is 12.2 Å². The topological polar surface area (TPSA) is 127 Å². The van der Waals surface area contributed by atoms with Gasteiger partial charge in [-0.1, -0.05) is 13.2 Å². The van der Waals surface area contributed by atoms with Gasteiger partial charge in [0.2, 0.25) is 6.29 Å². The van der Waals surface area contributed by atoms with Crippen LogP contribution in [0.5, 0.6) is 23.0 Å². The highest BCUT2D eigenvalue weighted by Gasteiger charge is 2.14. The molecule has 0 amide bonds. The molecule has 226 valence electrons. The molecule has 3 aromatic carbocycles. The Hall–Kier alpha value is -5.09. The van der Waals surface area contributed by atoms with Crippen LogP contribution in [0.2, 0.25) is 0 Å². The van der Waals surface area contributed by atoms with Crippen molar-refractivity contribution < 1.29 is 47.9 Å². The molecule has 0 fully saturated rings. The van der Waals surface area contributed by atoms with E-state index in [4.69, 9.17) is 28.4 Å². The number of hydrogen-bond acceptors (Lipinski definition) is 10. The summed E-state index contributed by atoms with van der Waals surface area (Å²) >= 11 is 0. The zero-order valence-electron chi connectivity index (χ0n) is 23.9. The SMILES string of the molecule is C=CC(=O)OCCCOc1ccc(C(=O)Oc2ccc(OC(O)c3ccc(OCCCOC(=O)C=C)cc3)cc2C)cc1. The Balaban J connectivity index is 1.44. The van der Waals surface area contributed by atoms with Crippen LogP contribution in [0.25, 0.3) is 0 Å². The average Bonchev–Trinajstić information content (AvgIpc) is 3.02. The molecule has 1 atom stereocenters. The van der Waals surface area contributed by atoms with E-state index in [1.165, 1.54) is 0 Å². The van der Waals surface area contributed by atoms with Crippen LogP contribution in [-0.4, -0.2) is 49.4 Å². The maximum Gasteiger partial charge on any atom is 0.343 e. The third-order valence-corrected chi connectivity index (χ3v) is 5.79. The van der Waals surface area contributed by atoms with Gasteiger partial charge in [-0.25, -0.2) is 14.4 Å². The lowest BCUT2D eigenvalue weighted by Crippen LogP contribution is -2.10. The molecule has 0 saturated heterocycles. The van der Waals surface area contributed by atoms with Crippen molar-refractivity contribution in [2.24, 2.45) is 0 Å². The van der Waals surface area contributed by atoms with Gasteiger partial charge in [-0.3, -0.25) is 0 Å². The van der Waals surface area contributed by atoms with Crippen LogP contribution >= 0.6 is 0 Å². The quantitative estimate of drug-likeness (QED) is 0.0729. The second kappa shape index (κ2) is 17.0. The van der Waals surface area contributed by atoms with Gasteiger partial charge in [0.25, 0.3) is 0 Å². The summed E-state index contributed by atoms with van der Waals surface area (Å²) in [6.07, 6.45) is 2.02. The summed E-state index contributed by atoms with van der Waals surface area (Å²) in [6, 6.07) is 18.1. The molecule has 10 nitrogen and oxygen atoms in total. The van der Waals surface area contributed by atoms with Gasteiger partial charge in [0.15, 0.2) is 0 Å². The Bertz CT molecular complexity index is 1380. The number of aryl methyl sites for hydroxylation is 1. The van der Waals surface area contributed by atoms with Crippen molar-refractivity contribution in [3.63, 3.8) is 0 Å². The second-order valence-electron chi connectivity index (χ2n) is 9.03. The van der Waals surface area contributed by atoms with Gasteiger partial charge in [-0.15, -0.1) is 0 Å². The lowest BCUT2D eigenvalue weighted by molar-refractivity contribution is -0.138. The molecule has 0 aliphatic carbocycles. The maximum atomic E-state index is 12.7. The molecule has 43 heavy (non-hydrogen) atoms. The minimum atomic E-state index is -1.23. The van der Waals surface area contributed by atoms with Crippen LogP contribution in [0.3, 0.4) is 0 Å². The number of esters is 3. The fourth-order valence-corrected chi connectivity index (χ4v) is 3.54. The molecule has 10 heteroatoms. The summed E-state index contributed by atoms with van der Waals surface area (Å²) in [5, 5.41) is 10.5. The summed E-state index contributed by atoms with van der Waals surface area (Å²) in [7, 11) is 0. The van der Waals surface area contributed by atoms with Crippen LogP contribution in [0, 0.1) is 6.92 Å². The summed E-state index contributed by atoms with van der Waals surface area (Å²) in [4.78, 5) is 34.7. The largest absolute Gasteiger partial charge is 0.493 e. The van der Waals surface area contributed by atoms with Gasteiger partial charge in [-0.05, 0) is 79.2 Å². The molecule has 1 unspecified atom stereocenters. The zero-order valence-corrected chi connectivity index (χ0v) is 23.9. The first kappa shape index (κ1) is 32.4. The van der Waals surface area contributed by atoms with Crippen molar-refractivity contribution >= 4 is 17.9 Å².